The standard InChI is InChI=1S/C11H11N3O2.ClH/c12-9(13)5-6-14-10(15)7-3-1-2-4-8(7)11(14)16;/h1-4H,5-6H2,(H3,12,13);1H. The third kappa shape index (κ3) is 2.29. The van der Waals surface area contributed by atoms with E-state index in [1.165, 1.54) is 0 Å². The molecule has 0 bridgehead atoms. The molecule has 0 aromatic heterocycles. The SMILES string of the molecule is Cl.N=C(N)CCN1C(=O)c2ccccc2C1=O. The van der Waals surface area contributed by atoms with E-state index < -0.39 is 0 Å². The van der Waals surface area contributed by atoms with E-state index >= 15 is 0 Å². The van der Waals surface area contributed by atoms with Crippen molar-refractivity contribution in [1.29, 1.82) is 5.41 Å². The van der Waals surface area contributed by atoms with E-state index in [2.05, 4.69) is 0 Å². The van der Waals surface area contributed by atoms with Crippen molar-refractivity contribution in [3.05, 3.63) is 35.4 Å². The minimum Gasteiger partial charge on any atom is -0.388 e. The van der Waals surface area contributed by atoms with Gasteiger partial charge in [-0.3, -0.25) is 19.9 Å². The molecule has 17 heavy (non-hydrogen) atoms. The van der Waals surface area contributed by atoms with Gasteiger partial charge >= 0.3 is 0 Å². The second-order valence-corrected chi connectivity index (χ2v) is 3.58. The molecule has 1 aromatic rings. The molecule has 1 heterocycles. The van der Waals surface area contributed by atoms with Crippen molar-refractivity contribution in [1.82, 2.24) is 4.90 Å². The number of amides is 2. The number of benzene rings is 1. The van der Waals surface area contributed by atoms with Crippen LogP contribution in [0.2, 0.25) is 0 Å². The van der Waals surface area contributed by atoms with E-state index in [9.17, 15) is 9.59 Å². The lowest BCUT2D eigenvalue weighted by Gasteiger charge is -2.12. The number of carbonyl (C=O) groups is 2. The molecule has 0 fully saturated rings. The van der Waals surface area contributed by atoms with Gasteiger partial charge in [0.05, 0.1) is 17.0 Å². The molecule has 1 aliphatic heterocycles. The van der Waals surface area contributed by atoms with E-state index in [1.807, 2.05) is 0 Å². The monoisotopic (exact) mass is 253 g/mol. The fourth-order valence-corrected chi connectivity index (χ4v) is 1.67. The molecule has 1 aromatic carbocycles. The number of nitrogens with two attached hydrogens (primary N) is 1. The summed E-state index contributed by atoms with van der Waals surface area (Å²) in [5.41, 5.74) is 6.05. The van der Waals surface area contributed by atoms with Crippen molar-refractivity contribution in [2.45, 2.75) is 6.42 Å². The highest BCUT2D eigenvalue weighted by Gasteiger charge is 2.34. The largest absolute Gasteiger partial charge is 0.388 e. The first-order valence-corrected chi connectivity index (χ1v) is 4.89. The Morgan fingerprint density at radius 1 is 1.18 bits per heavy atom. The Kier molecular flexibility index (Phi) is 3.85. The maximum atomic E-state index is 11.8. The molecule has 0 atom stereocenters. The Hall–Kier alpha value is -1.88. The molecular formula is C11H12ClN3O2. The number of rotatable bonds is 3. The quantitative estimate of drug-likeness (QED) is 0.479. The van der Waals surface area contributed by atoms with E-state index in [-0.39, 0.29) is 43.0 Å². The molecule has 2 rings (SSSR count). The molecule has 3 N–H and O–H groups in total. The average molecular weight is 254 g/mol. The molecule has 0 saturated heterocycles. The van der Waals surface area contributed by atoms with E-state index in [4.69, 9.17) is 11.1 Å². The van der Waals surface area contributed by atoms with Crippen molar-refractivity contribution >= 4 is 30.1 Å². The molecule has 2 amide bonds. The van der Waals surface area contributed by atoms with Crippen LogP contribution < -0.4 is 5.73 Å². The van der Waals surface area contributed by atoms with Gasteiger partial charge in [0, 0.05) is 13.0 Å². The zero-order valence-electron chi connectivity index (χ0n) is 8.97. The highest BCUT2D eigenvalue weighted by atomic mass is 35.5. The van der Waals surface area contributed by atoms with Crippen molar-refractivity contribution in [3.8, 4) is 0 Å². The molecule has 5 nitrogen and oxygen atoms in total. The number of hydrogen-bond acceptors (Lipinski definition) is 3. The highest BCUT2D eigenvalue weighted by molar-refractivity contribution is 6.21. The smallest absolute Gasteiger partial charge is 0.261 e. The van der Waals surface area contributed by atoms with Crippen LogP contribution in [-0.4, -0.2) is 29.1 Å². The minimum absolute atomic E-state index is 0. The third-order valence-electron chi connectivity index (χ3n) is 2.48. The lowest BCUT2D eigenvalue weighted by atomic mass is 10.1. The first-order chi connectivity index (χ1) is 7.61. The van der Waals surface area contributed by atoms with Crippen LogP contribution in [-0.2, 0) is 0 Å². The van der Waals surface area contributed by atoms with Gasteiger partial charge in [-0.1, -0.05) is 12.1 Å². The molecule has 90 valence electrons. The molecule has 0 saturated carbocycles. The van der Waals surface area contributed by atoms with Gasteiger partial charge in [-0.25, -0.2) is 0 Å². The lowest BCUT2D eigenvalue weighted by Crippen LogP contribution is -2.32. The maximum Gasteiger partial charge on any atom is 0.261 e. The second-order valence-electron chi connectivity index (χ2n) is 3.58. The summed E-state index contributed by atoms with van der Waals surface area (Å²) in [6.07, 6.45) is 0.214. The fraction of sp³-hybridized carbons (Fsp3) is 0.182. The van der Waals surface area contributed by atoms with Gasteiger partial charge in [-0.05, 0) is 12.1 Å². The van der Waals surface area contributed by atoms with E-state index in [0.717, 1.165) is 4.90 Å². The molecule has 0 unspecified atom stereocenters. The summed E-state index contributed by atoms with van der Waals surface area (Å²) in [5, 5.41) is 7.08. The molecule has 1 aliphatic rings. The summed E-state index contributed by atoms with van der Waals surface area (Å²) in [5.74, 6) is -0.639. The number of amidine groups is 1. The van der Waals surface area contributed by atoms with Crippen LogP contribution >= 0.6 is 12.4 Å². The molecule has 6 heteroatoms. The number of halogens is 1. The van der Waals surface area contributed by atoms with Crippen LogP contribution in [0.3, 0.4) is 0 Å². The second kappa shape index (κ2) is 4.97. The summed E-state index contributed by atoms with van der Waals surface area (Å²) in [7, 11) is 0. The van der Waals surface area contributed by atoms with Gasteiger partial charge in [-0.15, -0.1) is 12.4 Å². The molecule has 0 spiro atoms. The Balaban J connectivity index is 0.00000144. The van der Waals surface area contributed by atoms with Gasteiger partial charge in [0.1, 0.15) is 0 Å². The highest BCUT2D eigenvalue weighted by Crippen LogP contribution is 2.22. The Morgan fingerprint density at radius 2 is 1.65 bits per heavy atom. The summed E-state index contributed by atoms with van der Waals surface area (Å²) < 4.78 is 0. The maximum absolute atomic E-state index is 11.8. The van der Waals surface area contributed by atoms with Gasteiger partial charge < -0.3 is 5.73 Å². The molecular weight excluding hydrogens is 242 g/mol. The van der Waals surface area contributed by atoms with Crippen LogP contribution in [0.4, 0.5) is 0 Å². The number of hydrogen-bond donors (Lipinski definition) is 2. The first-order valence-electron chi connectivity index (χ1n) is 4.89. The number of carbonyl (C=O) groups excluding carboxylic acids is 2. The van der Waals surface area contributed by atoms with Gasteiger partial charge in [0.15, 0.2) is 0 Å². The van der Waals surface area contributed by atoms with Crippen molar-refractivity contribution < 1.29 is 9.59 Å². The summed E-state index contributed by atoms with van der Waals surface area (Å²) in [4.78, 5) is 24.8. The summed E-state index contributed by atoms with van der Waals surface area (Å²) >= 11 is 0. The average Bonchev–Trinajstić information content (AvgIpc) is 2.50. The van der Waals surface area contributed by atoms with Crippen molar-refractivity contribution in [3.63, 3.8) is 0 Å². The van der Waals surface area contributed by atoms with Crippen LogP contribution in [0, 0.1) is 5.41 Å². The van der Waals surface area contributed by atoms with Crippen LogP contribution in [0.1, 0.15) is 27.1 Å². The van der Waals surface area contributed by atoms with Crippen LogP contribution in [0.15, 0.2) is 24.3 Å². The first kappa shape index (κ1) is 13.2. The van der Waals surface area contributed by atoms with Crippen molar-refractivity contribution in [2.75, 3.05) is 6.54 Å². The topological polar surface area (TPSA) is 87.2 Å². The van der Waals surface area contributed by atoms with Crippen LogP contribution in [0.25, 0.3) is 0 Å². The minimum atomic E-state index is -0.304. The predicted molar refractivity (Wildman–Crippen MR) is 65.6 cm³/mol. The van der Waals surface area contributed by atoms with Gasteiger partial charge in [0.2, 0.25) is 0 Å². The van der Waals surface area contributed by atoms with E-state index in [1.54, 1.807) is 24.3 Å². The molecule has 0 radical (unpaired) electrons. The van der Waals surface area contributed by atoms with Gasteiger partial charge in [0.25, 0.3) is 11.8 Å². The fourth-order valence-electron chi connectivity index (χ4n) is 1.67. The predicted octanol–water partition coefficient (Wildman–Crippen LogP) is 1.03. The zero-order chi connectivity index (χ0) is 11.7. The lowest BCUT2D eigenvalue weighted by molar-refractivity contribution is 0.0658. The number of fused-ring (bicyclic) bond motifs is 1. The number of imide groups is 1. The Bertz CT molecular complexity index is 452. The summed E-state index contributed by atoms with van der Waals surface area (Å²) in [6, 6.07) is 6.70. The number of nitrogens with zero attached hydrogens (tertiary/aromatic N) is 1. The van der Waals surface area contributed by atoms with E-state index in [0.29, 0.717) is 11.1 Å². The molecule has 0 aliphatic carbocycles. The normalized spacial score (nSPS) is 13.3. The van der Waals surface area contributed by atoms with Crippen LogP contribution in [0.5, 0.6) is 0 Å². The Labute approximate surface area is 105 Å². The van der Waals surface area contributed by atoms with Crippen molar-refractivity contribution in [2.24, 2.45) is 5.73 Å². The van der Waals surface area contributed by atoms with Gasteiger partial charge in [-0.2, -0.15) is 0 Å². The Morgan fingerprint density at radius 3 is 2.06 bits per heavy atom. The zero-order valence-corrected chi connectivity index (χ0v) is 9.79. The third-order valence-corrected chi connectivity index (χ3v) is 2.48. The number of nitrogens with one attached hydrogen (secondary N) is 1. The summed E-state index contributed by atoms with van der Waals surface area (Å²) in [6.45, 7) is 0.168.